The lowest BCUT2D eigenvalue weighted by Gasteiger charge is -2.26. The van der Waals surface area contributed by atoms with Crippen molar-refractivity contribution in [2.24, 2.45) is 0 Å². The predicted octanol–water partition coefficient (Wildman–Crippen LogP) is 9.29. The van der Waals surface area contributed by atoms with E-state index in [1.807, 2.05) is 12.3 Å². The zero-order chi connectivity index (χ0) is 25.9. The summed E-state index contributed by atoms with van der Waals surface area (Å²) < 4.78 is 2.20. The molecule has 0 bridgehead atoms. The summed E-state index contributed by atoms with van der Waals surface area (Å²) in [5, 5.41) is 0. The fourth-order valence-electron chi connectivity index (χ4n) is 5.21. The van der Waals surface area contributed by atoms with Gasteiger partial charge in [-0.25, -0.2) is 4.98 Å². The van der Waals surface area contributed by atoms with E-state index < -0.39 is 0 Å². The lowest BCUT2D eigenvalue weighted by atomic mass is 9.98. The maximum absolute atomic E-state index is 4.67. The van der Waals surface area contributed by atoms with E-state index in [2.05, 4.69) is 156 Å². The molecule has 3 nitrogen and oxygen atoms in total. The molecular formula is C35H29N3. The van der Waals surface area contributed by atoms with Crippen LogP contribution in [0.3, 0.4) is 0 Å². The first-order valence-electron chi connectivity index (χ1n) is 12.9. The number of hydrogen-bond donors (Lipinski definition) is 0. The van der Waals surface area contributed by atoms with Gasteiger partial charge in [0.1, 0.15) is 5.82 Å². The molecule has 38 heavy (non-hydrogen) atoms. The van der Waals surface area contributed by atoms with E-state index >= 15 is 0 Å². The third-order valence-electron chi connectivity index (χ3n) is 6.87. The van der Waals surface area contributed by atoms with Crippen LogP contribution in [-0.4, -0.2) is 9.55 Å². The zero-order valence-electron chi connectivity index (χ0n) is 21.6. The van der Waals surface area contributed by atoms with Gasteiger partial charge >= 0.3 is 0 Å². The summed E-state index contributed by atoms with van der Waals surface area (Å²) in [5.74, 6) is 0.952. The van der Waals surface area contributed by atoms with Crippen LogP contribution in [0.15, 0.2) is 140 Å². The molecule has 1 aromatic heterocycles. The molecule has 6 aromatic rings. The van der Waals surface area contributed by atoms with Gasteiger partial charge in [-0.1, -0.05) is 78.9 Å². The first-order chi connectivity index (χ1) is 18.7. The fraction of sp³-hybridized carbons (Fsp3) is 0.0571. The van der Waals surface area contributed by atoms with E-state index in [0.717, 1.165) is 28.5 Å². The van der Waals surface area contributed by atoms with E-state index in [1.165, 1.54) is 27.9 Å². The maximum Gasteiger partial charge on any atom is 0.144 e. The minimum atomic E-state index is 0.952. The van der Waals surface area contributed by atoms with Crippen molar-refractivity contribution in [2.45, 2.75) is 13.8 Å². The number of nitrogens with zero attached hydrogens (tertiary/aromatic N) is 3. The van der Waals surface area contributed by atoms with Gasteiger partial charge in [0, 0.05) is 35.0 Å². The smallest absolute Gasteiger partial charge is 0.144 e. The Hall–Kier alpha value is -4.89. The molecule has 0 radical (unpaired) electrons. The average Bonchev–Trinajstić information content (AvgIpc) is 3.44. The molecule has 0 aliphatic carbocycles. The monoisotopic (exact) mass is 491 g/mol. The Kier molecular flexibility index (Phi) is 6.33. The summed E-state index contributed by atoms with van der Waals surface area (Å²) in [6.07, 6.45) is 3.93. The second-order valence-corrected chi connectivity index (χ2v) is 9.50. The zero-order valence-corrected chi connectivity index (χ0v) is 21.6. The summed E-state index contributed by atoms with van der Waals surface area (Å²) in [5.41, 5.74) is 10.5. The lowest BCUT2D eigenvalue weighted by Crippen LogP contribution is -2.09. The molecule has 0 aliphatic rings. The molecule has 3 heteroatoms. The van der Waals surface area contributed by atoms with Gasteiger partial charge in [0.15, 0.2) is 0 Å². The third-order valence-corrected chi connectivity index (χ3v) is 6.87. The van der Waals surface area contributed by atoms with Crippen molar-refractivity contribution in [3.05, 3.63) is 151 Å². The number of benzene rings is 5. The van der Waals surface area contributed by atoms with Gasteiger partial charge < -0.3 is 4.90 Å². The number of anilines is 3. The highest BCUT2D eigenvalue weighted by molar-refractivity contribution is 5.80. The van der Waals surface area contributed by atoms with Gasteiger partial charge in [-0.3, -0.25) is 4.57 Å². The Morgan fingerprint density at radius 3 is 1.66 bits per heavy atom. The number of hydrogen-bond acceptors (Lipinski definition) is 2. The molecule has 0 atom stereocenters. The Labute approximate surface area is 224 Å². The molecule has 0 saturated carbocycles. The Balaban J connectivity index is 1.42. The van der Waals surface area contributed by atoms with Crippen molar-refractivity contribution < 1.29 is 0 Å². The van der Waals surface area contributed by atoms with Gasteiger partial charge in [-0.15, -0.1) is 0 Å². The second-order valence-electron chi connectivity index (χ2n) is 9.50. The van der Waals surface area contributed by atoms with Crippen molar-refractivity contribution in [2.75, 3.05) is 4.90 Å². The molecular weight excluding hydrogens is 462 g/mol. The number of imidazole rings is 1. The molecule has 6 rings (SSSR count). The largest absolute Gasteiger partial charge is 0.310 e. The van der Waals surface area contributed by atoms with Crippen molar-refractivity contribution in [3.8, 4) is 28.2 Å². The fourth-order valence-corrected chi connectivity index (χ4v) is 5.21. The first-order valence-corrected chi connectivity index (χ1v) is 12.9. The van der Waals surface area contributed by atoms with Crippen molar-refractivity contribution >= 4 is 17.1 Å². The third kappa shape index (κ3) is 4.51. The summed E-state index contributed by atoms with van der Waals surface area (Å²) in [4.78, 5) is 6.97. The SMILES string of the molecule is Cc1cc(-c2cccc(N(c3ccccc3)c3ccccc3)c2)cc(C)c1-n1ccnc1-c1ccccc1. The highest BCUT2D eigenvalue weighted by Crippen LogP contribution is 2.37. The molecule has 1 heterocycles. The lowest BCUT2D eigenvalue weighted by molar-refractivity contribution is 1.03. The van der Waals surface area contributed by atoms with Crippen LogP contribution in [0.5, 0.6) is 0 Å². The normalized spacial score (nSPS) is 10.9. The summed E-state index contributed by atoms with van der Waals surface area (Å²) in [6, 6.07) is 44.8. The van der Waals surface area contributed by atoms with Crippen LogP contribution in [0.4, 0.5) is 17.1 Å². The van der Waals surface area contributed by atoms with Crippen LogP contribution in [0.1, 0.15) is 11.1 Å². The second kappa shape index (κ2) is 10.2. The molecule has 0 saturated heterocycles. The van der Waals surface area contributed by atoms with Crippen molar-refractivity contribution in [1.82, 2.24) is 9.55 Å². The van der Waals surface area contributed by atoms with E-state index in [0.29, 0.717) is 0 Å². The molecule has 0 amide bonds. The molecule has 0 fully saturated rings. The molecule has 0 unspecified atom stereocenters. The van der Waals surface area contributed by atoms with Gasteiger partial charge in [0.05, 0.1) is 5.69 Å². The molecule has 0 N–H and O–H groups in total. The Morgan fingerprint density at radius 1 is 0.526 bits per heavy atom. The summed E-state index contributed by atoms with van der Waals surface area (Å²) >= 11 is 0. The average molecular weight is 492 g/mol. The molecule has 0 spiro atoms. The molecule has 0 aliphatic heterocycles. The van der Waals surface area contributed by atoms with Gasteiger partial charge in [-0.2, -0.15) is 0 Å². The highest BCUT2D eigenvalue weighted by atomic mass is 15.1. The predicted molar refractivity (Wildman–Crippen MR) is 159 cm³/mol. The number of aryl methyl sites for hydroxylation is 2. The summed E-state index contributed by atoms with van der Waals surface area (Å²) in [6.45, 7) is 4.37. The van der Waals surface area contributed by atoms with E-state index in [1.54, 1.807) is 0 Å². The molecule has 5 aromatic carbocycles. The Bertz CT molecular complexity index is 1610. The van der Waals surface area contributed by atoms with Gasteiger partial charge in [0.2, 0.25) is 0 Å². The minimum Gasteiger partial charge on any atom is -0.310 e. The first kappa shape index (κ1) is 23.5. The number of aromatic nitrogens is 2. The van der Waals surface area contributed by atoms with Crippen LogP contribution in [0.2, 0.25) is 0 Å². The molecule has 184 valence electrons. The van der Waals surface area contributed by atoms with Crippen molar-refractivity contribution in [3.63, 3.8) is 0 Å². The van der Waals surface area contributed by atoms with Crippen molar-refractivity contribution in [1.29, 1.82) is 0 Å². The Morgan fingerprint density at radius 2 is 1.05 bits per heavy atom. The van der Waals surface area contributed by atoms with Gasteiger partial charge in [-0.05, 0) is 84.6 Å². The standard InChI is InChI=1S/C35H29N3/c1-26-23-30(24-27(2)34(26)37-22-21-36-35(37)28-13-6-3-7-14-28)29-15-12-20-33(25-29)38(31-16-8-4-9-17-31)32-18-10-5-11-19-32/h3-25H,1-2H3. The van der Waals surface area contributed by atoms with Gasteiger partial charge in [0.25, 0.3) is 0 Å². The number of rotatable bonds is 6. The van der Waals surface area contributed by atoms with E-state index in [4.69, 9.17) is 0 Å². The van der Waals surface area contributed by atoms with Crippen LogP contribution in [0, 0.1) is 13.8 Å². The minimum absolute atomic E-state index is 0.952. The topological polar surface area (TPSA) is 21.1 Å². The summed E-state index contributed by atoms with van der Waals surface area (Å²) in [7, 11) is 0. The van der Waals surface area contributed by atoms with Crippen LogP contribution in [0.25, 0.3) is 28.2 Å². The van der Waals surface area contributed by atoms with E-state index in [-0.39, 0.29) is 0 Å². The van der Waals surface area contributed by atoms with E-state index in [9.17, 15) is 0 Å². The van der Waals surface area contributed by atoms with Crippen LogP contribution < -0.4 is 4.90 Å². The number of para-hydroxylation sites is 2. The van der Waals surface area contributed by atoms with Crippen LogP contribution >= 0.6 is 0 Å². The quantitative estimate of drug-likeness (QED) is 0.231. The van der Waals surface area contributed by atoms with Crippen LogP contribution in [-0.2, 0) is 0 Å². The highest BCUT2D eigenvalue weighted by Gasteiger charge is 2.16. The maximum atomic E-state index is 4.67.